The smallest absolute Gasteiger partial charge is 0.306 e. The minimum absolute atomic E-state index is 0.0159. The van der Waals surface area contributed by atoms with E-state index >= 15 is 0 Å². The third-order valence-electron chi connectivity index (χ3n) is 4.77. The van der Waals surface area contributed by atoms with Crippen LogP contribution in [-0.2, 0) is 19.1 Å². The number of hydrogen-bond donors (Lipinski definition) is 1. The Bertz CT molecular complexity index is 955. The maximum atomic E-state index is 12.3. The molecular formula is C23H26N4O4. The summed E-state index contributed by atoms with van der Waals surface area (Å²) in [5, 5.41) is 8.41. The zero-order chi connectivity index (χ0) is 22.2. The lowest BCUT2D eigenvalue weighted by atomic mass is 10.1. The predicted octanol–water partition coefficient (Wildman–Crippen LogP) is 2.65. The first-order chi connectivity index (χ1) is 14.9. The summed E-state index contributed by atoms with van der Waals surface area (Å²) in [6.45, 7) is 0.0929. The Balaban J connectivity index is 1.38. The molecule has 8 nitrogen and oxygen atoms in total. The Morgan fingerprint density at radius 1 is 1.03 bits per heavy atom. The lowest BCUT2D eigenvalue weighted by molar-refractivity contribution is -0.148. The Kier molecular flexibility index (Phi) is 7.37. The van der Waals surface area contributed by atoms with E-state index in [0.717, 1.165) is 17.0 Å². The molecule has 0 saturated carbocycles. The molecule has 1 aliphatic rings. The molecule has 0 aliphatic carbocycles. The molecule has 0 fully saturated rings. The number of benzene rings is 2. The van der Waals surface area contributed by atoms with E-state index in [4.69, 9.17) is 4.74 Å². The Labute approximate surface area is 181 Å². The maximum absolute atomic E-state index is 12.3. The number of hydrogen-bond acceptors (Lipinski definition) is 6. The van der Waals surface area contributed by atoms with Crippen molar-refractivity contribution in [2.45, 2.75) is 19.3 Å². The number of hydrazone groups is 1. The van der Waals surface area contributed by atoms with Gasteiger partial charge in [0, 0.05) is 38.3 Å². The lowest BCUT2D eigenvalue weighted by Crippen LogP contribution is -2.25. The molecule has 162 valence electrons. The van der Waals surface area contributed by atoms with Gasteiger partial charge in [-0.15, -0.1) is 0 Å². The quantitative estimate of drug-likeness (QED) is 0.661. The van der Waals surface area contributed by atoms with Crippen molar-refractivity contribution in [3.8, 4) is 0 Å². The summed E-state index contributed by atoms with van der Waals surface area (Å²) < 4.78 is 4.98. The van der Waals surface area contributed by atoms with Gasteiger partial charge in [0.2, 0.25) is 5.91 Å². The van der Waals surface area contributed by atoms with Gasteiger partial charge < -0.3 is 15.0 Å². The summed E-state index contributed by atoms with van der Waals surface area (Å²) in [4.78, 5) is 38.1. The largest absolute Gasteiger partial charge is 0.456 e. The van der Waals surface area contributed by atoms with Gasteiger partial charge in [-0.1, -0.05) is 30.3 Å². The van der Waals surface area contributed by atoms with E-state index in [9.17, 15) is 14.4 Å². The second kappa shape index (κ2) is 10.4. The van der Waals surface area contributed by atoms with Crippen molar-refractivity contribution >= 4 is 34.9 Å². The van der Waals surface area contributed by atoms with Crippen molar-refractivity contribution in [1.29, 1.82) is 0 Å². The van der Waals surface area contributed by atoms with Crippen LogP contribution in [0.3, 0.4) is 0 Å². The molecule has 0 spiro atoms. The van der Waals surface area contributed by atoms with E-state index in [1.807, 2.05) is 61.5 Å². The van der Waals surface area contributed by atoms with Crippen LogP contribution in [0.4, 0.5) is 11.4 Å². The van der Waals surface area contributed by atoms with Gasteiger partial charge in [-0.2, -0.15) is 5.10 Å². The summed E-state index contributed by atoms with van der Waals surface area (Å²) in [6.07, 6.45) is 0.560. The van der Waals surface area contributed by atoms with E-state index in [0.29, 0.717) is 18.7 Å². The first-order valence-electron chi connectivity index (χ1n) is 10.1. The van der Waals surface area contributed by atoms with E-state index in [-0.39, 0.29) is 18.7 Å². The van der Waals surface area contributed by atoms with E-state index < -0.39 is 18.5 Å². The molecule has 0 unspecified atom stereocenters. The second-order valence-corrected chi connectivity index (χ2v) is 7.33. The van der Waals surface area contributed by atoms with Gasteiger partial charge in [-0.3, -0.25) is 14.4 Å². The molecule has 1 aliphatic heterocycles. The van der Waals surface area contributed by atoms with Crippen LogP contribution in [0, 0.1) is 0 Å². The molecule has 0 aromatic heterocycles. The normalized spacial score (nSPS) is 12.8. The highest BCUT2D eigenvalue weighted by atomic mass is 16.5. The third-order valence-corrected chi connectivity index (χ3v) is 4.77. The number of nitrogens with one attached hydrogen (secondary N) is 1. The molecule has 0 saturated heterocycles. The zero-order valence-corrected chi connectivity index (χ0v) is 17.7. The van der Waals surface area contributed by atoms with Crippen LogP contribution in [0.25, 0.3) is 0 Å². The summed E-state index contributed by atoms with van der Waals surface area (Å²) >= 11 is 0. The molecule has 2 amide bonds. The van der Waals surface area contributed by atoms with Crippen molar-refractivity contribution in [2.75, 3.05) is 37.5 Å². The molecule has 1 N–H and O–H groups in total. The van der Waals surface area contributed by atoms with Crippen molar-refractivity contribution in [1.82, 2.24) is 5.01 Å². The first-order valence-corrected chi connectivity index (χ1v) is 10.1. The number of ether oxygens (including phenoxy) is 1. The lowest BCUT2D eigenvalue weighted by Gasteiger charge is -2.13. The molecule has 8 heteroatoms. The molecule has 2 aromatic carbocycles. The molecule has 31 heavy (non-hydrogen) atoms. The summed E-state index contributed by atoms with van der Waals surface area (Å²) in [7, 11) is 3.85. The minimum atomic E-state index is -0.599. The predicted molar refractivity (Wildman–Crippen MR) is 119 cm³/mol. The van der Waals surface area contributed by atoms with Gasteiger partial charge in [0.15, 0.2) is 6.61 Å². The fourth-order valence-corrected chi connectivity index (χ4v) is 3.07. The number of anilines is 2. The first kappa shape index (κ1) is 22.0. The van der Waals surface area contributed by atoms with E-state index in [1.165, 1.54) is 5.01 Å². The molecular weight excluding hydrogens is 396 g/mol. The topological polar surface area (TPSA) is 91.3 Å². The van der Waals surface area contributed by atoms with Crippen molar-refractivity contribution in [3.63, 3.8) is 0 Å². The van der Waals surface area contributed by atoms with Crippen LogP contribution < -0.4 is 10.2 Å². The van der Waals surface area contributed by atoms with Crippen LogP contribution in [0.2, 0.25) is 0 Å². The van der Waals surface area contributed by atoms with Gasteiger partial charge in [0.1, 0.15) is 0 Å². The number of nitrogens with zero attached hydrogens (tertiary/aromatic N) is 3. The minimum Gasteiger partial charge on any atom is -0.456 e. The number of carbonyl (C=O) groups is 3. The van der Waals surface area contributed by atoms with E-state index in [2.05, 4.69) is 10.4 Å². The van der Waals surface area contributed by atoms with Crippen molar-refractivity contribution in [3.05, 3.63) is 60.2 Å². The van der Waals surface area contributed by atoms with Crippen molar-refractivity contribution in [2.24, 2.45) is 5.10 Å². The Hall–Kier alpha value is -3.68. The van der Waals surface area contributed by atoms with E-state index in [1.54, 1.807) is 12.1 Å². The summed E-state index contributed by atoms with van der Waals surface area (Å²) in [5.41, 5.74) is 3.46. The van der Waals surface area contributed by atoms with Crippen LogP contribution in [-0.4, -0.2) is 55.8 Å². The Morgan fingerprint density at radius 3 is 2.42 bits per heavy atom. The molecule has 0 radical (unpaired) electrons. The highest BCUT2D eigenvalue weighted by molar-refractivity contribution is 6.02. The molecule has 0 atom stereocenters. The van der Waals surface area contributed by atoms with Crippen LogP contribution in [0.1, 0.15) is 24.8 Å². The summed E-state index contributed by atoms with van der Waals surface area (Å²) in [5.74, 6) is -1.28. The van der Waals surface area contributed by atoms with Gasteiger partial charge in [-0.25, -0.2) is 5.01 Å². The van der Waals surface area contributed by atoms with Crippen LogP contribution >= 0.6 is 0 Å². The van der Waals surface area contributed by atoms with Gasteiger partial charge in [0.05, 0.1) is 18.7 Å². The molecule has 1 heterocycles. The maximum Gasteiger partial charge on any atom is 0.306 e. The number of rotatable bonds is 8. The Morgan fingerprint density at radius 2 is 1.74 bits per heavy atom. The second-order valence-electron chi connectivity index (χ2n) is 7.33. The monoisotopic (exact) mass is 422 g/mol. The SMILES string of the molecule is CN(C)c1ccc(NC(=O)COC(=O)CCC(=O)N2CCC(c3ccccc3)=N2)cc1. The number of esters is 1. The fraction of sp³-hybridized carbons (Fsp3) is 0.304. The van der Waals surface area contributed by atoms with Crippen LogP contribution in [0.5, 0.6) is 0 Å². The highest BCUT2D eigenvalue weighted by Gasteiger charge is 2.22. The fourth-order valence-electron chi connectivity index (χ4n) is 3.07. The number of carbonyl (C=O) groups excluding carboxylic acids is 3. The highest BCUT2D eigenvalue weighted by Crippen LogP contribution is 2.16. The van der Waals surface area contributed by atoms with Crippen LogP contribution in [0.15, 0.2) is 59.7 Å². The molecule has 3 rings (SSSR count). The average molecular weight is 422 g/mol. The van der Waals surface area contributed by atoms with Crippen molar-refractivity contribution < 1.29 is 19.1 Å². The zero-order valence-electron chi connectivity index (χ0n) is 17.7. The average Bonchev–Trinajstić information content (AvgIpc) is 3.27. The summed E-state index contributed by atoms with van der Waals surface area (Å²) in [6, 6.07) is 17.0. The third kappa shape index (κ3) is 6.40. The van der Waals surface area contributed by atoms with Gasteiger partial charge in [-0.05, 0) is 29.8 Å². The standard InChI is InChI=1S/C23H26N4O4/c1-26(2)19-10-8-18(9-11-19)24-21(28)16-31-23(30)13-12-22(29)27-15-14-20(25-27)17-6-4-3-5-7-17/h3-11H,12-16H2,1-2H3,(H,24,28). The molecule has 0 bridgehead atoms. The number of amides is 2. The molecule has 2 aromatic rings. The van der Waals surface area contributed by atoms with Gasteiger partial charge >= 0.3 is 5.97 Å². The van der Waals surface area contributed by atoms with Gasteiger partial charge in [0.25, 0.3) is 5.91 Å².